The highest BCUT2D eigenvalue weighted by atomic mass is 15.2. The summed E-state index contributed by atoms with van der Waals surface area (Å²) in [6.07, 6.45) is 2.41. The second kappa shape index (κ2) is 8.25. The van der Waals surface area contributed by atoms with Crippen LogP contribution in [0.5, 0.6) is 0 Å². The number of hydrogen-bond donors (Lipinski definition) is 1. The fraction of sp³-hybridized carbons (Fsp3) is 0.423. The van der Waals surface area contributed by atoms with Gasteiger partial charge in [-0.15, -0.1) is 0 Å². The third-order valence-corrected chi connectivity index (χ3v) is 5.98. The number of rotatable bonds is 4. The number of pyridine rings is 1. The average molecular weight is 388 g/mol. The normalized spacial score (nSPS) is 17.5. The van der Waals surface area contributed by atoms with Crippen molar-refractivity contribution in [1.82, 2.24) is 15.2 Å². The van der Waals surface area contributed by atoms with Crippen LogP contribution in [0.2, 0.25) is 0 Å². The molecule has 1 N–H and O–H groups in total. The van der Waals surface area contributed by atoms with Crippen molar-refractivity contribution in [2.24, 2.45) is 0 Å². The molecule has 1 aliphatic heterocycles. The molecule has 0 aliphatic carbocycles. The lowest BCUT2D eigenvalue weighted by Crippen LogP contribution is -2.49. The van der Waals surface area contributed by atoms with Crippen LogP contribution in [0.1, 0.15) is 52.1 Å². The van der Waals surface area contributed by atoms with Crippen molar-refractivity contribution in [3.8, 4) is 11.3 Å². The molecule has 0 amide bonds. The first-order chi connectivity index (χ1) is 13.9. The lowest BCUT2D eigenvalue weighted by molar-refractivity contribution is 0.143. The number of aromatic nitrogens is 1. The van der Waals surface area contributed by atoms with Crippen LogP contribution in [0.4, 0.5) is 0 Å². The molecule has 3 aromatic rings. The van der Waals surface area contributed by atoms with E-state index in [0.29, 0.717) is 12.1 Å². The van der Waals surface area contributed by atoms with Gasteiger partial charge in [0, 0.05) is 41.7 Å². The Balaban J connectivity index is 1.61. The molecular formula is C26H33N3. The lowest BCUT2D eigenvalue weighted by atomic mass is 9.95. The van der Waals surface area contributed by atoms with Gasteiger partial charge in [0.25, 0.3) is 0 Å². The van der Waals surface area contributed by atoms with Gasteiger partial charge in [-0.25, -0.2) is 4.98 Å². The summed E-state index contributed by atoms with van der Waals surface area (Å²) < 4.78 is 0. The van der Waals surface area contributed by atoms with Gasteiger partial charge in [-0.3, -0.25) is 4.90 Å². The number of piperidine rings is 1. The predicted octanol–water partition coefficient (Wildman–Crippen LogP) is 5.82. The van der Waals surface area contributed by atoms with Crippen molar-refractivity contribution in [2.45, 2.75) is 58.2 Å². The molecule has 2 aromatic carbocycles. The van der Waals surface area contributed by atoms with Crippen LogP contribution in [0, 0.1) is 0 Å². The maximum absolute atomic E-state index is 4.96. The standard InChI is InChI=1S/C26H33N3/c1-19(29-16-14-21(15-17-29)28-26(2,3)4)23-18-25(20-10-6-5-7-11-20)27-24-13-9-8-12-22(23)24/h5-13,18-19,21,28H,14-17H2,1-4H3. The molecule has 1 aromatic heterocycles. The number of fused-ring (bicyclic) bond motifs is 1. The molecule has 152 valence electrons. The SMILES string of the molecule is CC(c1cc(-c2ccccc2)nc2ccccc12)N1CCC(NC(C)(C)C)CC1. The second-order valence-electron chi connectivity index (χ2n) is 9.36. The van der Waals surface area contributed by atoms with Crippen molar-refractivity contribution in [2.75, 3.05) is 13.1 Å². The smallest absolute Gasteiger partial charge is 0.0713 e. The molecular weight excluding hydrogens is 354 g/mol. The zero-order chi connectivity index (χ0) is 20.4. The monoisotopic (exact) mass is 387 g/mol. The summed E-state index contributed by atoms with van der Waals surface area (Å²) in [7, 11) is 0. The number of likely N-dealkylation sites (tertiary alicyclic amines) is 1. The Hall–Kier alpha value is -2.23. The third-order valence-electron chi connectivity index (χ3n) is 5.98. The summed E-state index contributed by atoms with van der Waals surface area (Å²) in [5.74, 6) is 0. The summed E-state index contributed by atoms with van der Waals surface area (Å²) in [5, 5.41) is 5.05. The fourth-order valence-electron chi connectivity index (χ4n) is 4.54. The van der Waals surface area contributed by atoms with Gasteiger partial charge in [-0.2, -0.15) is 0 Å². The molecule has 0 spiro atoms. The van der Waals surface area contributed by atoms with Gasteiger partial charge in [-0.05, 0) is 58.2 Å². The minimum Gasteiger partial charge on any atom is -0.309 e. The van der Waals surface area contributed by atoms with Gasteiger partial charge in [0.2, 0.25) is 0 Å². The van der Waals surface area contributed by atoms with E-state index < -0.39 is 0 Å². The number of benzene rings is 2. The van der Waals surface area contributed by atoms with Crippen molar-refractivity contribution in [1.29, 1.82) is 0 Å². The van der Waals surface area contributed by atoms with Gasteiger partial charge < -0.3 is 5.32 Å². The molecule has 0 bridgehead atoms. The van der Waals surface area contributed by atoms with Crippen LogP contribution in [0.25, 0.3) is 22.2 Å². The Morgan fingerprint density at radius 3 is 2.31 bits per heavy atom. The van der Waals surface area contributed by atoms with E-state index in [-0.39, 0.29) is 5.54 Å². The van der Waals surface area contributed by atoms with Gasteiger partial charge in [0.1, 0.15) is 0 Å². The van der Waals surface area contributed by atoms with Crippen LogP contribution >= 0.6 is 0 Å². The highest BCUT2D eigenvalue weighted by molar-refractivity contribution is 5.85. The van der Waals surface area contributed by atoms with E-state index >= 15 is 0 Å². The van der Waals surface area contributed by atoms with Crippen LogP contribution in [-0.4, -0.2) is 34.6 Å². The van der Waals surface area contributed by atoms with E-state index in [0.717, 1.165) is 24.3 Å². The zero-order valence-electron chi connectivity index (χ0n) is 18.2. The Morgan fingerprint density at radius 2 is 1.62 bits per heavy atom. The van der Waals surface area contributed by atoms with E-state index in [1.54, 1.807) is 0 Å². The van der Waals surface area contributed by atoms with E-state index in [1.165, 1.54) is 29.4 Å². The molecule has 1 aliphatic rings. The molecule has 0 radical (unpaired) electrons. The van der Waals surface area contributed by atoms with Crippen molar-refractivity contribution < 1.29 is 0 Å². The van der Waals surface area contributed by atoms with E-state index in [9.17, 15) is 0 Å². The van der Waals surface area contributed by atoms with Crippen LogP contribution in [0.15, 0.2) is 60.7 Å². The highest BCUT2D eigenvalue weighted by Crippen LogP contribution is 2.32. The van der Waals surface area contributed by atoms with Crippen molar-refractivity contribution in [3.05, 3.63) is 66.2 Å². The largest absolute Gasteiger partial charge is 0.309 e. The average Bonchev–Trinajstić information content (AvgIpc) is 2.72. The minimum absolute atomic E-state index is 0.185. The molecule has 3 nitrogen and oxygen atoms in total. The van der Waals surface area contributed by atoms with Gasteiger partial charge in [-0.1, -0.05) is 48.5 Å². The van der Waals surface area contributed by atoms with E-state index in [1.807, 2.05) is 0 Å². The van der Waals surface area contributed by atoms with Crippen LogP contribution in [0.3, 0.4) is 0 Å². The Kier molecular flexibility index (Phi) is 5.71. The van der Waals surface area contributed by atoms with Crippen LogP contribution < -0.4 is 5.32 Å². The topological polar surface area (TPSA) is 28.2 Å². The second-order valence-corrected chi connectivity index (χ2v) is 9.36. The van der Waals surface area contributed by atoms with Gasteiger partial charge >= 0.3 is 0 Å². The maximum atomic E-state index is 4.96. The lowest BCUT2D eigenvalue weighted by Gasteiger charge is -2.39. The first-order valence-electron chi connectivity index (χ1n) is 10.9. The summed E-state index contributed by atoms with van der Waals surface area (Å²) in [4.78, 5) is 7.59. The third kappa shape index (κ3) is 4.68. The molecule has 1 fully saturated rings. The molecule has 3 heteroatoms. The fourth-order valence-corrected chi connectivity index (χ4v) is 4.54. The predicted molar refractivity (Wildman–Crippen MR) is 123 cm³/mol. The molecule has 1 unspecified atom stereocenters. The maximum Gasteiger partial charge on any atom is 0.0713 e. The Bertz CT molecular complexity index is 951. The van der Waals surface area contributed by atoms with Crippen LogP contribution in [-0.2, 0) is 0 Å². The molecule has 29 heavy (non-hydrogen) atoms. The number of para-hydroxylation sites is 1. The Labute approximate surface area is 175 Å². The van der Waals surface area contributed by atoms with Gasteiger partial charge in [0.15, 0.2) is 0 Å². The summed E-state index contributed by atoms with van der Waals surface area (Å²) in [5.41, 5.74) is 4.90. The first-order valence-corrected chi connectivity index (χ1v) is 10.9. The molecule has 4 rings (SSSR count). The van der Waals surface area contributed by atoms with Crippen molar-refractivity contribution >= 4 is 10.9 Å². The Morgan fingerprint density at radius 1 is 0.966 bits per heavy atom. The zero-order valence-corrected chi connectivity index (χ0v) is 18.2. The molecule has 1 saturated heterocycles. The molecule has 1 atom stereocenters. The van der Waals surface area contributed by atoms with E-state index in [2.05, 4.69) is 98.6 Å². The quantitative estimate of drug-likeness (QED) is 0.612. The molecule has 0 saturated carbocycles. The van der Waals surface area contributed by atoms with Gasteiger partial charge in [0.05, 0.1) is 11.2 Å². The van der Waals surface area contributed by atoms with E-state index in [4.69, 9.17) is 4.98 Å². The highest BCUT2D eigenvalue weighted by Gasteiger charge is 2.27. The minimum atomic E-state index is 0.185. The summed E-state index contributed by atoms with van der Waals surface area (Å²) in [6, 6.07) is 22.4. The number of nitrogens with zero attached hydrogens (tertiary/aromatic N) is 2. The number of nitrogens with one attached hydrogen (secondary N) is 1. The first kappa shape index (κ1) is 20.1. The van der Waals surface area contributed by atoms with Crippen molar-refractivity contribution in [3.63, 3.8) is 0 Å². The number of hydrogen-bond acceptors (Lipinski definition) is 3. The molecule has 2 heterocycles. The summed E-state index contributed by atoms with van der Waals surface area (Å²) in [6.45, 7) is 11.4. The summed E-state index contributed by atoms with van der Waals surface area (Å²) >= 11 is 0.